The number of anilines is 1. The van der Waals surface area contributed by atoms with E-state index in [1.54, 1.807) is 44.0 Å². The van der Waals surface area contributed by atoms with Gasteiger partial charge in [-0.2, -0.15) is 0 Å². The summed E-state index contributed by atoms with van der Waals surface area (Å²) in [5.74, 6) is 6.39. The van der Waals surface area contributed by atoms with Crippen LogP contribution >= 0.6 is 0 Å². The minimum absolute atomic E-state index is 0.00771. The first kappa shape index (κ1) is 91.9. The second-order valence-electron chi connectivity index (χ2n) is 37.3. The number of ether oxygens (including phenoxy) is 10. The number of rotatable bonds is 15. The van der Waals surface area contributed by atoms with E-state index in [0.29, 0.717) is 62.4 Å². The average molecular weight is 1970 g/mol. The number of aromatic amines is 5. The van der Waals surface area contributed by atoms with Crippen molar-refractivity contribution in [2.75, 3.05) is 46.3 Å². The van der Waals surface area contributed by atoms with Crippen molar-refractivity contribution in [2.24, 2.45) is 5.73 Å². The summed E-state index contributed by atoms with van der Waals surface area (Å²) in [6.07, 6.45) is 9.92. The molecule has 11 aromatic carbocycles. The van der Waals surface area contributed by atoms with E-state index >= 15 is 0 Å². The highest BCUT2D eigenvalue weighted by Gasteiger charge is 2.42. The van der Waals surface area contributed by atoms with Crippen molar-refractivity contribution >= 4 is 89.7 Å². The number of carbonyl (C=O) groups is 5. The lowest BCUT2D eigenvalue weighted by molar-refractivity contribution is -0.124. The minimum Gasteiger partial charge on any atom is -0.454 e. The Kier molecular flexibility index (Phi) is 24.8. The number of likely N-dealkylation sites (N-methyl/N-ethyl adjacent to an activating group) is 1. The van der Waals surface area contributed by atoms with Gasteiger partial charge < -0.3 is 99.3 Å². The van der Waals surface area contributed by atoms with E-state index in [1.165, 1.54) is 34.2 Å². The molecule has 16 N–H and O–H groups in total. The van der Waals surface area contributed by atoms with Crippen LogP contribution < -0.4 is 101 Å². The Labute approximate surface area is 840 Å². The van der Waals surface area contributed by atoms with Crippen LogP contribution in [0.2, 0.25) is 0 Å². The van der Waals surface area contributed by atoms with Crippen LogP contribution in [0.3, 0.4) is 0 Å². The van der Waals surface area contributed by atoms with Crippen LogP contribution in [0.5, 0.6) is 57.5 Å². The molecule has 0 unspecified atom stereocenters. The summed E-state index contributed by atoms with van der Waals surface area (Å²) >= 11 is 0. The standard InChI is InChI=1S/C25H20FN3O3.2C25H22N4O3.C20H19N3O3.C19H17N3O3/c26-15-6-8-16(9-7-15)27-25(30)20-12-18-17-3-1-2-4-19(17)28-24(18)23(29-20)14-5-10-21-22(11-14)32-13-31-21;2*30-25(27-13-15-7-9-26-10-8-15)20-12-18-17-3-1-2-4-19(17)28-24(18)23(29-20)16-5-6-21-22(11-16)32-14-31-21;1-21-20(24)15-9-13-12-4-2-3-5-14(12)22-19(13)18(23-15)11-6-7-16-17(8-11)26-10-25-16;20-19(23)14-8-12-11-3-1-2-4-13(11)21-18(12)17(22-14)10-5-6-15-16(7-10)25-9-24-15/h1-11,20,23,28-29H,12-13H2,(H,27,30);2*1-11,20,23,28-29H,12-14H2,(H,27,30);2-8,15,18,22-23H,9-10H2,1H3,(H,21,24);1-7,14,17,21-22H,8-9H2,(H2,20,23)/t2*20-,23+;20-,23-;15-,18-;14-,17+/m01000/s1. The first-order valence-electron chi connectivity index (χ1n) is 48.8. The highest BCUT2D eigenvalue weighted by molar-refractivity contribution is 5.98. The van der Waals surface area contributed by atoms with Crippen LogP contribution in [-0.2, 0) is 69.2 Å². The molecule has 18 aromatic rings. The lowest BCUT2D eigenvalue weighted by Crippen LogP contribution is -2.49. The molecular weight excluding hydrogens is 1870 g/mol. The van der Waals surface area contributed by atoms with Crippen molar-refractivity contribution in [3.63, 3.8) is 0 Å². The lowest BCUT2D eigenvalue weighted by Gasteiger charge is -2.31. The summed E-state index contributed by atoms with van der Waals surface area (Å²) in [5.41, 5.74) is 29.8. The zero-order valence-electron chi connectivity index (χ0n) is 79.4. The van der Waals surface area contributed by atoms with E-state index in [9.17, 15) is 28.4 Å². The minimum atomic E-state index is -0.470. The molecule has 0 radical (unpaired) electrons. The third-order valence-corrected chi connectivity index (χ3v) is 28.6. The molecule has 738 valence electrons. The van der Waals surface area contributed by atoms with Gasteiger partial charge in [0.2, 0.25) is 63.5 Å². The van der Waals surface area contributed by atoms with E-state index in [2.05, 4.69) is 131 Å². The van der Waals surface area contributed by atoms with Gasteiger partial charge in [0.15, 0.2) is 57.5 Å². The zero-order valence-corrected chi connectivity index (χ0v) is 79.4. The lowest BCUT2D eigenvalue weighted by atomic mass is 9.90. The number of nitrogens with zero attached hydrogens (tertiary/aromatic N) is 2. The quantitative estimate of drug-likeness (QED) is 0.0453. The molecule has 147 heavy (non-hydrogen) atoms. The third kappa shape index (κ3) is 18.4. The number of hydrogen-bond donors (Lipinski definition) is 15. The van der Waals surface area contributed by atoms with Crippen LogP contribution in [-0.4, -0.2) is 136 Å². The van der Waals surface area contributed by atoms with Crippen molar-refractivity contribution < 1.29 is 75.7 Å². The molecule has 33 heteroatoms. The highest BCUT2D eigenvalue weighted by atomic mass is 19.1. The summed E-state index contributed by atoms with van der Waals surface area (Å²) in [4.78, 5) is 89.5. The number of halogens is 1. The number of pyridine rings is 2. The van der Waals surface area contributed by atoms with Crippen LogP contribution in [0.25, 0.3) is 54.5 Å². The molecule has 0 saturated carbocycles. The molecule has 0 fully saturated rings. The van der Waals surface area contributed by atoms with Gasteiger partial charge in [-0.1, -0.05) is 121 Å². The summed E-state index contributed by atoms with van der Waals surface area (Å²) in [7, 11) is 1.67. The number of nitrogens with two attached hydrogens (primary N) is 1. The summed E-state index contributed by atoms with van der Waals surface area (Å²) in [6.45, 7) is 2.08. The maximum absolute atomic E-state index is 13.2. The Morgan fingerprint density at radius 1 is 0.306 bits per heavy atom. The van der Waals surface area contributed by atoms with E-state index in [1.807, 2.05) is 188 Å². The number of para-hydroxylation sites is 5. The van der Waals surface area contributed by atoms with Crippen molar-refractivity contribution in [1.82, 2.24) is 77.4 Å². The number of carbonyl (C=O) groups excluding carboxylic acids is 5. The topological polar surface area (TPSA) is 417 Å². The van der Waals surface area contributed by atoms with Gasteiger partial charge in [0.25, 0.3) is 0 Å². The molecule has 5 amide bonds. The molecular formula is C114H100FN17O15. The van der Waals surface area contributed by atoms with Gasteiger partial charge in [0, 0.05) is 134 Å². The summed E-state index contributed by atoms with van der Waals surface area (Å²) in [5, 5.41) is 35.0. The van der Waals surface area contributed by atoms with E-state index in [0.717, 1.165) is 174 Å². The number of hydrogen-bond acceptors (Lipinski definition) is 22. The monoisotopic (exact) mass is 1970 g/mol. The zero-order chi connectivity index (χ0) is 99.3. The van der Waals surface area contributed by atoms with Crippen LogP contribution in [0.4, 0.5) is 10.1 Å². The maximum Gasteiger partial charge on any atom is 0.241 e. The molecule has 10 atom stereocenters. The second-order valence-corrected chi connectivity index (χ2v) is 37.3. The molecule has 0 aliphatic carbocycles. The van der Waals surface area contributed by atoms with Crippen LogP contribution in [0.1, 0.15) is 125 Å². The van der Waals surface area contributed by atoms with E-state index < -0.39 is 12.1 Å². The summed E-state index contributed by atoms with van der Waals surface area (Å²) < 4.78 is 68.2. The molecule has 0 bridgehead atoms. The maximum atomic E-state index is 13.2. The smallest absolute Gasteiger partial charge is 0.241 e. The molecule has 0 spiro atoms. The summed E-state index contributed by atoms with van der Waals surface area (Å²) in [6, 6.07) is 81.1. The Morgan fingerprint density at radius 3 is 0.837 bits per heavy atom. The normalized spacial score (nSPS) is 19.7. The molecule has 32 nitrogen and oxygen atoms in total. The number of H-pyrrole nitrogens is 5. The number of benzene rings is 11. The first-order chi connectivity index (χ1) is 72.1. The molecule has 28 rings (SSSR count). The fourth-order valence-corrected chi connectivity index (χ4v) is 21.4. The number of primary amides is 1. The Balaban J connectivity index is 0.0000000987. The largest absolute Gasteiger partial charge is 0.454 e. The molecule has 10 aliphatic rings. The number of amides is 5. The number of nitrogens with one attached hydrogen (secondary N) is 14. The second kappa shape index (κ2) is 39.7. The van der Waals surface area contributed by atoms with Gasteiger partial charge in [-0.15, -0.1) is 0 Å². The van der Waals surface area contributed by atoms with Gasteiger partial charge in [0.1, 0.15) is 5.82 Å². The Bertz CT molecular complexity index is 7910. The van der Waals surface area contributed by atoms with Gasteiger partial charge in [-0.3, -0.25) is 60.5 Å². The van der Waals surface area contributed by atoms with Gasteiger partial charge in [0.05, 0.1) is 60.4 Å². The van der Waals surface area contributed by atoms with Gasteiger partial charge in [-0.25, -0.2) is 4.39 Å². The van der Waals surface area contributed by atoms with Gasteiger partial charge in [-0.05, 0) is 238 Å². The Hall–Kier alpha value is -17.5. The fourth-order valence-electron chi connectivity index (χ4n) is 21.4. The average Bonchev–Trinajstić information content (AvgIpc) is 1.62. The predicted molar refractivity (Wildman–Crippen MR) is 547 cm³/mol. The van der Waals surface area contributed by atoms with Crippen molar-refractivity contribution in [3.05, 3.63) is 387 Å². The van der Waals surface area contributed by atoms with E-state index in [-0.39, 0.29) is 118 Å². The number of aromatic nitrogens is 7. The molecule has 0 saturated heterocycles. The SMILES string of the molecule is CNC(=O)[C@@H]1Cc2c([nH]c3ccccc23)[C@H](c2ccc3c(c2)OCO3)N1.NC(=O)[C@@H]1Cc2c([nH]c3ccccc23)[C@@H](c2ccc3c(c2)OCO3)N1.O=C(NCc1ccncc1)[C@@H]1Cc2c([nH]c3ccccc23)[C@H](c2ccc3c(c2)OCO3)N1.O=C(NCc1ccncc1)[C@H]1Cc2c([nH]c3ccccc23)[C@H](c2ccc3c(c2)OCO3)N1.O=C(Nc1ccc(F)cc1)[C@@H]1Cc2c([nH]c3ccccc23)[C@@H](c2ccc3c(c2)OCO3)N1. The van der Waals surface area contributed by atoms with Gasteiger partial charge >= 0.3 is 0 Å². The van der Waals surface area contributed by atoms with Crippen LogP contribution in [0, 0.1) is 5.82 Å². The van der Waals surface area contributed by atoms with E-state index in [4.69, 9.17) is 53.1 Å². The third-order valence-electron chi connectivity index (χ3n) is 28.6. The van der Waals surface area contributed by atoms with Crippen molar-refractivity contribution in [3.8, 4) is 57.5 Å². The van der Waals surface area contributed by atoms with Crippen LogP contribution in [0.15, 0.2) is 286 Å². The number of fused-ring (bicyclic) bond motifs is 20. The molecule has 17 heterocycles. The van der Waals surface area contributed by atoms with Crippen molar-refractivity contribution in [2.45, 2.75) is 106 Å². The van der Waals surface area contributed by atoms with Crippen molar-refractivity contribution in [1.29, 1.82) is 0 Å². The molecule has 7 aromatic heterocycles. The predicted octanol–water partition coefficient (Wildman–Crippen LogP) is 14.9. The Morgan fingerprint density at radius 2 is 0.558 bits per heavy atom. The molecule has 10 aliphatic heterocycles. The highest BCUT2D eigenvalue weighted by Crippen LogP contribution is 2.48. The fraction of sp³-hybridized carbons (Fsp3) is 0.202. The first-order valence-corrected chi connectivity index (χ1v) is 48.8.